The number of anilines is 2. The first-order chi connectivity index (χ1) is 12.4. The van der Waals surface area contributed by atoms with Crippen LogP contribution >= 0.6 is 0 Å². The summed E-state index contributed by atoms with van der Waals surface area (Å²) in [5.74, 6) is 0.198. The first-order valence-electron chi connectivity index (χ1n) is 9.40. The van der Waals surface area contributed by atoms with Gasteiger partial charge in [0.05, 0.1) is 5.92 Å². The number of carbonyl (C=O) groups excluding carboxylic acids is 3. The van der Waals surface area contributed by atoms with Crippen LogP contribution in [0.2, 0.25) is 0 Å². The van der Waals surface area contributed by atoms with E-state index in [9.17, 15) is 14.4 Å². The number of nitrogens with zero attached hydrogens (tertiary/aromatic N) is 1. The molecule has 1 aliphatic heterocycles. The van der Waals surface area contributed by atoms with E-state index < -0.39 is 0 Å². The number of nitrogens with one attached hydrogen (secondary N) is 2. The first kappa shape index (κ1) is 18.4. The minimum Gasteiger partial charge on any atom is -0.353 e. The maximum atomic E-state index is 12.6. The third-order valence-electron chi connectivity index (χ3n) is 5.34. The number of hydrogen-bond donors (Lipinski definition) is 2. The van der Waals surface area contributed by atoms with Crippen molar-refractivity contribution in [1.29, 1.82) is 0 Å². The quantitative estimate of drug-likeness (QED) is 0.870. The molecule has 3 rings (SSSR count). The molecule has 0 bridgehead atoms. The van der Waals surface area contributed by atoms with Crippen molar-refractivity contribution >= 4 is 29.1 Å². The molecule has 0 radical (unpaired) electrons. The zero-order valence-electron chi connectivity index (χ0n) is 15.5. The molecular weight excluding hydrogens is 330 g/mol. The van der Waals surface area contributed by atoms with Crippen LogP contribution in [-0.2, 0) is 14.4 Å². The Hall–Kier alpha value is -2.37. The summed E-state index contributed by atoms with van der Waals surface area (Å²) < 4.78 is 0. The second kappa shape index (κ2) is 7.89. The average Bonchev–Trinajstić information content (AvgIpc) is 2.98. The molecular formula is C20H27N3O3. The lowest BCUT2D eigenvalue weighted by Crippen LogP contribution is -2.41. The van der Waals surface area contributed by atoms with Crippen molar-refractivity contribution in [2.24, 2.45) is 11.8 Å². The molecule has 1 heterocycles. The van der Waals surface area contributed by atoms with Crippen molar-refractivity contribution < 1.29 is 14.4 Å². The molecule has 1 aromatic carbocycles. The molecule has 0 aromatic heterocycles. The second-order valence-corrected chi connectivity index (χ2v) is 7.60. The highest BCUT2D eigenvalue weighted by molar-refractivity contribution is 6.01. The Morgan fingerprint density at radius 3 is 2.58 bits per heavy atom. The monoisotopic (exact) mass is 357 g/mol. The molecule has 6 nitrogen and oxygen atoms in total. The Labute approximate surface area is 154 Å². The van der Waals surface area contributed by atoms with E-state index in [1.165, 1.54) is 6.92 Å². The van der Waals surface area contributed by atoms with Crippen molar-refractivity contribution in [2.45, 2.75) is 52.0 Å². The summed E-state index contributed by atoms with van der Waals surface area (Å²) in [6, 6.07) is 7.41. The summed E-state index contributed by atoms with van der Waals surface area (Å²) in [7, 11) is 0. The van der Waals surface area contributed by atoms with Gasteiger partial charge in [-0.05, 0) is 49.8 Å². The lowest BCUT2D eigenvalue weighted by atomic mass is 9.87. The number of amides is 3. The van der Waals surface area contributed by atoms with E-state index in [-0.39, 0.29) is 36.1 Å². The summed E-state index contributed by atoms with van der Waals surface area (Å²) in [6.45, 7) is 4.08. The average molecular weight is 357 g/mol. The topological polar surface area (TPSA) is 78.5 Å². The zero-order valence-corrected chi connectivity index (χ0v) is 15.5. The van der Waals surface area contributed by atoms with E-state index in [2.05, 4.69) is 17.6 Å². The van der Waals surface area contributed by atoms with Gasteiger partial charge in [-0.3, -0.25) is 14.4 Å². The van der Waals surface area contributed by atoms with Crippen molar-refractivity contribution in [3.63, 3.8) is 0 Å². The van der Waals surface area contributed by atoms with Gasteiger partial charge < -0.3 is 15.5 Å². The van der Waals surface area contributed by atoms with Gasteiger partial charge in [-0.2, -0.15) is 0 Å². The molecule has 0 spiro atoms. The van der Waals surface area contributed by atoms with Gasteiger partial charge in [-0.15, -0.1) is 0 Å². The standard InChI is InChI=1S/C20H27N3O3/c1-13-6-8-16(9-7-13)22-20(26)15-10-19(25)23(12-15)18-5-3-4-17(11-18)21-14(2)24/h3-5,11,13,15-16H,6-10,12H2,1-2H3,(H,21,24)(H,22,26). The maximum Gasteiger partial charge on any atom is 0.227 e. The fraction of sp³-hybridized carbons (Fsp3) is 0.550. The van der Waals surface area contributed by atoms with E-state index in [0.717, 1.165) is 31.6 Å². The van der Waals surface area contributed by atoms with Crippen LogP contribution in [0.15, 0.2) is 24.3 Å². The van der Waals surface area contributed by atoms with Crippen LogP contribution in [0.3, 0.4) is 0 Å². The highest BCUT2D eigenvalue weighted by Crippen LogP contribution is 2.28. The number of carbonyl (C=O) groups is 3. The van der Waals surface area contributed by atoms with Gasteiger partial charge in [0.15, 0.2) is 0 Å². The van der Waals surface area contributed by atoms with Gasteiger partial charge in [-0.25, -0.2) is 0 Å². The predicted molar refractivity (Wildman–Crippen MR) is 101 cm³/mol. The van der Waals surface area contributed by atoms with Crippen molar-refractivity contribution in [1.82, 2.24) is 5.32 Å². The van der Waals surface area contributed by atoms with Crippen molar-refractivity contribution in [3.8, 4) is 0 Å². The SMILES string of the molecule is CC(=O)Nc1cccc(N2CC(C(=O)NC3CCC(C)CC3)CC2=O)c1. The summed E-state index contributed by atoms with van der Waals surface area (Å²) in [6.07, 6.45) is 4.58. The molecule has 1 aliphatic carbocycles. The third kappa shape index (κ3) is 4.42. The smallest absolute Gasteiger partial charge is 0.227 e. The van der Waals surface area contributed by atoms with Crippen LogP contribution in [0.5, 0.6) is 0 Å². The highest BCUT2D eigenvalue weighted by atomic mass is 16.2. The Balaban J connectivity index is 1.61. The molecule has 3 amide bonds. The Morgan fingerprint density at radius 2 is 1.88 bits per heavy atom. The molecule has 2 N–H and O–H groups in total. The molecule has 2 fully saturated rings. The van der Waals surface area contributed by atoms with E-state index >= 15 is 0 Å². The van der Waals surface area contributed by atoms with Gasteiger partial charge >= 0.3 is 0 Å². The van der Waals surface area contributed by atoms with Gasteiger partial charge in [0, 0.05) is 37.3 Å². The summed E-state index contributed by atoms with van der Waals surface area (Å²) >= 11 is 0. The molecule has 1 saturated heterocycles. The van der Waals surface area contributed by atoms with Crippen LogP contribution < -0.4 is 15.5 Å². The normalized spacial score (nSPS) is 25.8. The third-order valence-corrected chi connectivity index (χ3v) is 5.34. The van der Waals surface area contributed by atoms with Crippen LogP contribution in [0.4, 0.5) is 11.4 Å². The fourth-order valence-corrected chi connectivity index (χ4v) is 3.81. The lowest BCUT2D eigenvalue weighted by molar-refractivity contribution is -0.127. The van der Waals surface area contributed by atoms with Crippen LogP contribution in [0, 0.1) is 11.8 Å². The molecule has 1 atom stereocenters. The lowest BCUT2D eigenvalue weighted by Gasteiger charge is -2.27. The van der Waals surface area contributed by atoms with Gasteiger partial charge in [0.25, 0.3) is 0 Å². The van der Waals surface area contributed by atoms with Gasteiger partial charge in [0.2, 0.25) is 17.7 Å². The first-order valence-corrected chi connectivity index (χ1v) is 9.40. The van der Waals surface area contributed by atoms with Crippen molar-refractivity contribution in [2.75, 3.05) is 16.8 Å². The van der Waals surface area contributed by atoms with Gasteiger partial charge in [-0.1, -0.05) is 13.0 Å². The zero-order chi connectivity index (χ0) is 18.7. The summed E-state index contributed by atoms with van der Waals surface area (Å²) in [4.78, 5) is 37.9. The summed E-state index contributed by atoms with van der Waals surface area (Å²) in [5.41, 5.74) is 1.36. The molecule has 140 valence electrons. The number of rotatable bonds is 4. The summed E-state index contributed by atoms with van der Waals surface area (Å²) in [5, 5.41) is 5.86. The Bertz CT molecular complexity index is 695. The van der Waals surface area contributed by atoms with Crippen LogP contribution in [0.1, 0.15) is 46.0 Å². The predicted octanol–water partition coefficient (Wildman–Crippen LogP) is 2.69. The molecule has 2 aliphatic rings. The van der Waals surface area contributed by atoms with Crippen LogP contribution in [0.25, 0.3) is 0 Å². The van der Waals surface area contributed by atoms with Crippen LogP contribution in [-0.4, -0.2) is 30.3 Å². The largest absolute Gasteiger partial charge is 0.353 e. The molecule has 26 heavy (non-hydrogen) atoms. The van der Waals surface area contributed by atoms with E-state index in [1.54, 1.807) is 23.1 Å². The minimum atomic E-state index is -0.314. The van der Waals surface area contributed by atoms with E-state index in [0.29, 0.717) is 17.9 Å². The molecule has 6 heteroatoms. The molecule has 1 saturated carbocycles. The Kier molecular flexibility index (Phi) is 5.59. The minimum absolute atomic E-state index is 0.0154. The fourth-order valence-electron chi connectivity index (χ4n) is 3.81. The Morgan fingerprint density at radius 1 is 1.15 bits per heavy atom. The number of hydrogen-bond acceptors (Lipinski definition) is 3. The maximum absolute atomic E-state index is 12.6. The molecule has 1 aromatic rings. The van der Waals surface area contributed by atoms with Crippen molar-refractivity contribution in [3.05, 3.63) is 24.3 Å². The number of benzene rings is 1. The second-order valence-electron chi connectivity index (χ2n) is 7.60. The van der Waals surface area contributed by atoms with Gasteiger partial charge in [0.1, 0.15) is 0 Å². The van der Waals surface area contributed by atoms with E-state index in [4.69, 9.17) is 0 Å². The highest BCUT2D eigenvalue weighted by Gasteiger charge is 2.36. The van der Waals surface area contributed by atoms with E-state index in [1.807, 2.05) is 6.07 Å². The molecule has 1 unspecified atom stereocenters.